The van der Waals surface area contributed by atoms with Gasteiger partial charge in [-0.2, -0.15) is 4.98 Å². The van der Waals surface area contributed by atoms with E-state index in [1.54, 1.807) is 49.6 Å². The monoisotopic (exact) mass is 386 g/mol. The maximum atomic E-state index is 12.6. The van der Waals surface area contributed by atoms with Gasteiger partial charge in [0.1, 0.15) is 5.82 Å². The lowest BCUT2D eigenvalue weighted by molar-refractivity contribution is 0.161. The lowest BCUT2D eigenvalue weighted by Gasteiger charge is -2.20. The lowest BCUT2D eigenvalue weighted by atomic mass is 10.2. The van der Waals surface area contributed by atoms with Gasteiger partial charge in [0, 0.05) is 23.2 Å². The van der Waals surface area contributed by atoms with Gasteiger partial charge in [-0.05, 0) is 37.3 Å². The number of ether oxygens (including phenoxy) is 1. The Morgan fingerprint density at radius 3 is 2.74 bits per heavy atom. The van der Waals surface area contributed by atoms with Crippen molar-refractivity contribution in [2.24, 2.45) is 0 Å². The molecule has 0 radical (unpaired) electrons. The number of para-hydroxylation sites is 1. The van der Waals surface area contributed by atoms with Crippen molar-refractivity contribution in [3.05, 3.63) is 64.0 Å². The van der Waals surface area contributed by atoms with Crippen molar-refractivity contribution in [2.75, 3.05) is 24.4 Å². The van der Waals surface area contributed by atoms with Gasteiger partial charge in [0.15, 0.2) is 0 Å². The summed E-state index contributed by atoms with van der Waals surface area (Å²) in [5.41, 5.74) is 0.579. The molecular formula is C19H19ClN4O3. The Balaban J connectivity index is 2.01. The van der Waals surface area contributed by atoms with Gasteiger partial charge >= 0.3 is 11.7 Å². The molecule has 1 heterocycles. The van der Waals surface area contributed by atoms with E-state index in [4.69, 9.17) is 16.3 Å². The molecule has 0 unspecified atom stereocenters. The van der Waals surface area contributed by atoms with Gasteiger partial charge in [-0.1, -0.05) is 29.8 Å². The number of anilines is 2. The molecule has 2 N–H and O–H groups in total. The Morgan fingerprint density at radius 2 is 2.00 bits per heavy atom. The third-order valence-electron chi connectivity index (χ3n) is 3.99. The van der Waals surface area contributed by atoms with Crippen molar-refractivity contribution in [3.8, 4) is 0 Å². The van der Waals surface area contributed by atoms with Gasteiger partial charge in [0.2, 0.25) is 0 Å². The van der Waals surface area contributed by atoms with Crippen LogP contribution in [0.1, 0.15) is 13.0 Å². The molecule has 0 saturated carbocycles. The fraction of sp³-hybridized carbons (Fsp3) is 0.211. The standard InChI is InChI=1S/C19H19ClN4O3/c1-12(11-27-2)24-17(15-8-3-4-9-16(15)22-19(24)26)23-18(25)21-14-7-5-6-13(20)10-14/h3-10,12H,11H2,1-2H3,(H2,21,23,25)/t12-/m1/s1. The minimum absolute atomic E-state index is 0.296. The smallest absolute Gasteiger partial charge is 0.350 e. The van der Waals surface area contributed by atoms with Crippen molar-refractivity contribution >= 4 is 40.0 Å². The zero-order valence-electron chi connectivity index (χ0n) is 14.9. The number of hydrogen-bond donors (Lipinski definition) is 2. The average molecular weight is 387 g/mol. The van der Waals surface area contributed by atoms with Crippen molar-refractivity contribution in [3.63, 3.8) is 0 Å². The van der Waals surface area contributed by atoms with Gasteiger partial charge in [0.25, 0.3) is 0 Å². The molecule has 0 aliphatic rings. The van der Waals surface area contributed by atoms with Crippen LogP contribution in [0.2, 0.25) is 5.02 Å². The van der Waals surface area contributed by atoms with E-state index in [0.717, 1.165) is 0 Å². The first-order valence-electron chi connectivity index (χ1n) is 8.33. The molecule has 0 aliphatic carbocycles. The first-order valence-corrected chi connectivity index (χ1v) is 8.71. The number of aromatic nitrogens is 2. The third-order valence-corrected chi connectivity index (χ3v) is 4.22. The number of benzene rings is 2. The minimum Gasteiger partial charge on any atom is -0.383 e. The molecule has 3 aromatic rings. The number of amides is 2. The summed E-state index contributed by atoms with van der Waals surface area (Å²) in [6, 6.07) is 13.1. The maximum Gasteiger partial charge on any atom is 0.350 e. The molecule has 0 aliphatic heterocycles. The van der Waals surface area contributed by atoms with Crippen LogP contribution in [-0.2, 0) is 4.74 Å². The lowest BCUT2D eigenvalue weighted by Crippen LogP contribution is -2.32. The average Bonchev–Trinajstić information content (AvgIpc) is 2.61. The molecule has 7 nitrogen and oxygen atoms in total. The molecule has 140 valence electrons. The topological polar surface area (TPSA) is 85.2 Å². The number of halogens is 1. The van der Waals surface area contributed by atoms with Crippen molar-refractivity contribution in [1.29, 1.82) is 0 Å². The molecular weight excluding hydrogens is 368 g/mol. The molecule has 2 amide bonds. The summed E-state index contributed by atoms with van der Waals surface area (Å²) in [7, 11) is 1.55. The third kappa shape index (κ3) is 4.27. The molecule has 2 aromatic carbocycles. The van der Waals surface area contributed by atoms with Gasteiger partial charge in [-0.25, -0.2) is 9.59 Å². The Labute approximate surface area is 160 Å². The van der Waals surface area contributed by atoms with Gasteiger partial charge in [-0.3, -0.25) is 9.88 Å². The highest BCUT2D eigenvalue weighted by atomic mass is 35.5. The second-order valence-electron chi connectivity index (χ2n) is 6.02. The highest BCUT2D eigenvalue weighted by Crippen LogP contribution is 2.23. The highest BCUT2D eigenvalue weighted by Gasteiger charge is 2.18. The zero-order valence-corrected chi connectivity index (χ0v) is 15.7. The van der Waals surface area contributed by atoms with E-state index in [-0.39, 0.29) is 6.04 Å². The number of carbonyl (C=O) groups excluding carboxylic acids is 1. The van der Waals surface area contributed by atoms with E-state index >= 15 is 0 Å². The van der Waals surface area contributed by atoms with Crippen LogP contribution in [-0.4, -0.2) is 29.3 Å². The first kappa shape index (κ1) is 18.9. The number of urea groups is 1. The Kier molecular flexibility index (Phi) is 5.73. The van der Waals surface area contributed by atoms with Gasteiger partial charge < -0.3 is 10.1 Å². The number of methoxy groups -OCH3 is 1. The SMILES string of the molecule is COC[C@@H](C)n1c(NC(=O)Nc2cccc(Cl)c2)c2ccccc2nc1=O. The normalized spacial score (nSPS) is 12.0. The minimum atomic E-state index is -0.494. The summed E-state index contributed by atoms with van der Waals surface area (Å²) in [5, 5.41) is 6.65. The number of hydrogen-bond acceptors (Lipinski definition) is 4. The number of fused-ring (bicyclic) bond motifs is 1. The first-order chi connectivity index (χ1) is 13.0. The summed E-state index contributed by atoms with van der Waals surface area (Å²) < 4.78 is 6.58. The summed E-state index contributed by atoms with van der Waals surface area (Å²) in [6.45, 7) is 2.12. The van der Waals surface area contributed by atoms with Crippen LogP contribution in [0.4, 0.5) is 16.3 Å². The van der Waals surface area contributed by atoms with Crippen LogP contribution in [0, 0.1) is 0 Å². The van der Waals surface area contributed by atoms with Crippen LogP contribution in [0.3, 0.4) is 0 Å². The van der Waals surface area contributed by atoms with Crippen LogP contribution in [0.25, 0.3) is 10.9 Å². The number of nitrogens with zero attached hydrogens (tertiary/aromatic N) is 2. The molecule has 0 saturated heterocycles. The molecule has 0 fully saturated rings. The fourth-order valence-corrected chi connectivity index (χ4v) is 3.03. The van der Waals surface area contributed by atoms with Crippen molar-refractivity contribution in [2.45, 2.75) is 13.0 Å². The Morgan fingerprint density at radius 1 is 1.22 bits per heavy atom. The zero-order chi connectivity index (χ0) is 19.4. The van der Waals surface area contributed by atoms with E-state index in [0.29, 0.717) is 34.0 Å². The van der Waals surface area contributed by atoms with E-state index in [1.807, 2.05) is 13.0 Å². The van der Waals surface area contributed by atoms with Gasteiger partial charge in [-0.15, -0.1) is 0 Å². The molecule has 8 heteroatoms. The molecule has 1 atom stereocenters. The van der Waals surface area contributed by atoms with Crippen molar-refractivity contribution < 1.29 is 9.53 Å². The van der Waals surface area contributed by atoms with E-state index in [1.165, 1.54) is 4.57 Å². The van der Waals surface area contributed by atoms with E-state index in [2.05, 4.69) is 15.6 Å². The maximum absolute atomic E-state index is 12.6. The second-order valence-corrected chi connectivity index (χ2v) is 6.46. The Hall–Kier alpha value is -2.90. The molecule has 3 rings (SSSR count). The van der Waals surface area contributed by atoms with E-state index < -0.39 is 11.7 Å². The van der Waals surface area contributed by atoms with Gasteiger partial charge in [0.05, 0.1) is 18.2 Å². The predicted octanol–water partition coefficient (Wildman–Crippen LogP) is 3.90. The van der Waals surface area contributed by atoms with Crippen molar-refractivity contribution in [1.82, 2.24) is 9.55 Å². The number of nitrogens with one attached hydrogen (secondary N) is 2. The quantitative estimate of drug-likeness (QED) is 0.696. The second kappa shape index (κ2) is 8.20. The van der Waals surface area contributed by atoms with Crippen LogP contribution in [0.15, 0.2) is 53.3 Å². The predicted molar refractivity (Wildman–Crippen MR) is 107 cm³/mol. The number of rotatable bonds is 5. The van der Waals surface area contributed by atoms with E-state index in [9.17, 15) is 9.59 Å². The molecule has 27 heavy (non-hydrogen) atoms. The fourth-order valence-electron chi connectivity index (χ4n) is 2.84. The largest absolute Gasteiger partial charge is 0.383 e. The van der Waals surface area contributed by atoms with Crippen LogP contribution >= 0.6 is 11.6 Å². The van der Waals surface area contributed by atoms with Crippen LogP contribution < -0.4 is 16.3 Å². The summed E-state index contributed by atoms with van der Waals surface area (Å²) in [4.78, 5) is 29.2. The summed E-state index contributed by atoms with van der Waals surface area (Å²) in [5.74, 6) is 0.356. The number of carbonyl (C=O) groups is 1. The summed E-state index contributed by atoms with van der Waals surface area (Å²) >= 11 is 5.95. The summed E-state index contributed by atoms with van der Waals surface area (Å²) in [6.07, 6.45) is 0. The molecule has 0 spiro atoms. The molecule has 1 aromatic heterocycles. The Bertz CT molecular complexity index is 1030. The van der Waals surface area contributed by atoms with Crippen LogP contribution in [0.5, 0.6) is 0 Å². The molecule has 0 bridgehead atoms. The highest BCUT2D eigenvalue weighted by molar-refractivity contribution is 6.30.